The maximum Gasteiger partial charge on any atom is 0.416 e. The van der Waals surface area contributed by atoms with Gasteiger partial charge in [0.1, 0.15) is 6.04 Å². The molecule has 0 spiro atoms. The average molecular weight is 725 g/mol. The van der Waals surface area contributed by atoms with Crippen LogP contribution in [-0.2, 0) is 27.1 Å². The first-order valence-electron chi connectivity index (χ1n) is 18.6. The number of alkyl halides is 3. The van der Waals surface area contributed by atoms with E-state index in [2.05, 4.69) is 5.32 Å². The van der Waals surface area contributed by atoms with Crippen LogP contribution >= 0.6 is 0 Å². The summed E-state index contributed by atoms with van der Waals surface area (Å²) in [5.41, 5.74) is 9.61. The Bertz CT molecular complexity index is 1880. The summed E-state index contributed by atoms with van der Waals surface area (Å²) in [7, 11) is 0. The van der Waals surface area contributed by atoms with Gasteiger partial charge in [-0.15, -0.1) is 0 Å². The third-order valence-electron chi connectivity index (χ3n) is 10.7. The number of halogens is 3. The quantitative estimate of drug-likeness (QED) is 0.144. The van der Waals surface area contributed by atoms with Gasteiger partial charge in [-0.05, 0) is 77.9 Å². The van der Waals surface area contributed by atoms with Gasteiger partial charge in [-0.25, -0.2) is 0 Å². The van der Waals surface area contributed by atoms with E-state index in [1.807, 2.05) is 90.7 Å². The van der Waals surface area contributed by atoms with Crippen LogP contribution in [0.5, 0.6) is 0 Å². The summed E-state index contributed by atoms with van der Waals surface area (Å²) in [6.07, 6.45) is 2.44. The lowest BCUT2D eigenvalue weighted by atomic mass is 9.80. The van der Waals surface area contributed by atoms with Crippen LogP contribution in [-0.4, -0.2) is 30.3 Å². The first-order chi connectivity index (χ1) is 25.5. The molecule has 278 valence electrons. The lowest BCUT2D eigenvalue weighted by Gasteiger charge is -2.30. The molecule has 0 aromatic heterocycles. The molecule has 7 nitrogen and oxygen atoms in total. The summed E-state index contributed by atoms with van der Waals surface area (Å²) >= 11 is 0. The summed E-state index contributed by atoms with van der Waals surface area (Å²) in [5, 5.41) is 3.13. The molecule has 53 heavy (non-hydrogen) atoms. The predicted molar refractivity (Wildman–Crippen MR) is 202 cm³/mol. The molecule has 4 aromatic rings. The highest BCUT2D eigenvalue weighted by Crippen LogP contribution is 2.39. The highest BCUT2D eigenvalue weighted by atomic mass is 19.4. The SMILES string of the molecule is CCCCC(C(N)=O)C(CC1CCCC1)C(=O)NC1CN(c2ccccc2)c2ccccc2N(Cc2cccc(-c3ccc(C(F)(F)F)cc3)c2)C1=O. The van der Waals surface area contributed by atoms with E-state index in [0.29, 0.717) is 35.6 Å². The topological polar surface area (TPSA) is 95.7 Å². The second kappa shape index (κ2) is 16.7. The van der Waals surface area contributed by atoms with Crippen molar-refractivity contribution in [1.29, 1.82) is 0 Å². The van der Waals surface area contributed by atoms with Gasteiger partial charge in [0.25, 0.3) is 5.91 Å². The minimum atomic E-state index is -4.44. The maximum absolute atomic E-state index is 14.8. The molecule has 3 N–H and O–H groups in total. The standard InChI is InChI=1S/C43H47F3N4O3/c1-2-3-18-35(40(47)51)36(26-29-12-7-8-13-29)41(52)48-37-28-49(34-16-5-4-6-17-34)38-19-9-10-20-39(38)50(42(37)53)27-30-14-11-15-32(25-30)31-21-23-33(24-22-31)43(44,45)46/h4-6,9-11,14-17,19-25,29,35-37H,2-3,7-8,12-13,18,26-28H2,1H3,(H2,47,51)(H,48,52). The minimum Gasteiger partial charge on any atom is -0.369 e. The predicted octanol–water partition coefficient (Wildman–Crippen LogP) is 9.03. The van der Waals surface area contributed by atoms with Crippen molar-refractivity contribution in [2.24, 2.45) is 23.5 Å². The monoisotopic (exact) mass is 724 g/mol. The number of rotatable bonds is 13. The van der Waals surface area contributed by atoms with Gasteiger partial charge in [-0.1, -0.05) is 106 Å². The van der Waals surface area contributed by atoms with E-state index < -0.39 is 35.5 Å². The van der Waals surface area contributed by atoms with Crippen molar-refractivity contribution in [3.63, 3.8) is 0 Å². The van der Waals surface area contributed by atoms with Crippen molar-refractivity contribution in [3.8, 4) is 11.1 Å². The Hall–Kier alpha value is -5.12. The largest absolute Gasteiger partial charge is 0.416 e. The highest BCUT2D eigenvalue weighted by Gasteiger charge is 2.40. The number of hydrogen-bond acceptors (Lipinski definition) is 4. The van der Waals surface area contributed by atoms with Crippen LogP contribution in [0.25, 0.3) is 11.1 Å². The number of carbonyl (C=O) groups excluding carboxylic acids is 3. The number of hydrogen-bond donors (Lipinski definition) is 2. The fraction of sp³-hybridized carbons (Fsp3) is 0.372. The first-order valence-corrected chi connectivity index (χ1v) is 18.6. The molecule has 2 aliphatic rings. The van der Waals surface area contributed by atoms with Gasteiger partial charge in [-0.3, -0.25) is 14.4 Å². The Morgan fingerprint density at radius 1 is 0.849 bits per heavy atom. The van der Waals surface area contributed by atoms with Crippen molar-refractivity contribution in [1.82, 2.24) is 5.32 Å². The minimum absolute atomic E-state index is 0.144. The molecule has 1 saturated carbocycles. The van der Waals surface area contributed by atoms with E-state index in [0.717, 1.165) is 67.6 Å². The summed E-state index contributed by atoms with van der Waals surface area (Å²) in [6, 6.07) is 28.7. The highest BCUT2D eigenvalue weighted by molar-refractivity contribution is 6.04. The van der Waals surface area contributed by atoms with Gasteiger partial charge in [0.2, 0.25) is 11.8 Å². The van der Waals surface area contributed by atoms with Crippen LogP contribution in [0.1, 0.15) is 69.4 Å². The fourth-order valence-electron chi connectivity index (χ4n) is 7.90. The van der Waals surface area contributed by atoms with E-state index in [1.54, 1.807) is 4.90 Å². The number of carbonyl (C=O) groups is 3. The lowest BCUT2D eigenvalue weighted by Crippen LogP contribution is -2.54. The first kappa shape index (κ1) is 37.6. The molecule has 0 bridgehead atoms. The summed E-state index contributed by atoms with van der Waals surface area (Å²) in [5.74, 6) is -2.11. The molecule has 1 heterocycles. The second-order valence-corrected chi connectivity index (χ2v) is 14.3. The molecule has 3 atom stereocenters. The van der Waals surface area contributed by atoms with E-state index in [-0.39, 0.29) is 24.9 Å². The zero-order valence-corrected chi connectivity index (χ0v) is 30.0. The second-order valence-electron chi connectivity index (χ2n) is 14.3. The Morgan fingerprint density at radius 3 is 2.19 bits per heavy atom. The van der Waals surface area contributed by atoms with E-state index >= 15 is 0 Å². The summed E-state index contributed by atoms with van der Waals surface area (Å²) < 4.78 is 39.8. The molecule has 3 amide bonds. The molecule has 1 aliphatic heterocycles. The molecule has 10 heteroatoms. The van der Waals surface area contributed by atoms with Crippen molar-refractivity contribution in [2.45, 2.75) is 77.1 Å². The van der Waals surface area contributed by atoms with Gasteiger partial charge in [-0.2, -0.15) is 13.2 Å². The molecule has 6 rings (SSSR count). The van der Waals surface area contributed by atoms with E-state index in [4.69, 9.17) is 5.73 Å². The summed E-state index contributed by atoms with van der Waals surface area (Å²) in [6.45, 7) is 2.34. The van der Waals surface area contributed by atoms with Gasteiger partial charge < -0.3 is 20.9 Å². The third-order valence-corrected chi connectivity index (χ3v) is 10.7. The Morgan fingerprint density at radius 2 is 1.53 bits per heavy atom. The number of nitrogens with two attached hydrogens (primary N) is 1. The third kappa shape index (κ3) is 8.92. The molecule has 0 saturated heterocycles. The van der Waals surface area contributed by atoms with Gasteiger partial charge in [0.15, 0.2) is 0 Å². The maximum atomic E-state index is 14.8. The number of primary amides is 1. The number of para-hydroxylation sites is 3. The van der Waals surface area contributed by atoms with Crippen molar-refractivity contribution < 1.29 is 27.6 Å². The van der Waals surface area contributed by atoms with Crippen molar-refractivity contribution in [2.75, 3.05) is 16.3 Å². The van der Waals surface area contributed by atoms with Crippen LogP contribution in [0.4, 0.5) is 30.2 Å². The number of nitrogens with one attached hydrogen (secondary N) is 1. The molecule has 0 radical (unpaired) electrons. The molecule has 4 aromatic carbocycles. The summed E-state index contributed by atoms with van der Waals surface area (Å²) in [4.78, 5) is 45.9. The van der Waals surface area contributed by atoms with Crippen LogP contribution in [0, 0.1) is 17.8 Å². The number of amides is 3. The lowest BCUT2D eigenvalue weighted by molar-refractivity contribution is -0.137. The average Bonchev–Trinajstić information content (AvgIpc) is 3.65. The van der Waals surface area contributed by atoms with Crippen molar-refractivity contribution >= 4 is 34.8 Å². The zero-order chi connectivity index (χ0) is 37.5. The molecule has 1 fully saturated rings. The van der Waals surface area contributed by atoms with Crippen LogP contribution < -0.4 is 20.9 Å². The Labute approximate surface area is 309 Å². The van der Waals surface area contributed by atoms with Gasteiger partial charge >= 0.3 is 6.18 Å². The van der Waals surface area contributed by atoms with Gasteiger partial charge in [0, 0.05) is 17.5 Å². The van der Waals surface area contributed by atoms with Crippen LogP contribution in [0.2, 0.25) is 0 Å². The zero-order valence-electron chi connectivity index (χ0n) is 30.0. The number of fused-ring (bicyclic) bond motifs is 1. The molecule has 3 unspecified atom stereocenters. The Balaban J connectivity index is 1.36. The van der Waals surface area contributed by atoms with Crippen molar-refractivity contribution in [3.05, 3.63) is 114 Å². The van der Waals surface area contributed by atoms with E-state index in [9.17, 15) is 27.6 Å². The number of benzene rings is 4. The number of unbranched alkanes of at least 4 members (excludes halogenated alkanes) is 1. The van der Waals surface area contributed by atoms with Crippen LogP contribution in [0.3, 0.4) is 0 Å². The Kier molecular flexibility index (Phi) is 11.9. The molecule has 1 aliphatic carbocycles. The molecular formula is C43H47F3N4O3. The van der Waals surface area contributed by atoms with E-state index in [1.165, 1.54) is 12.1 Å². The van der Waals surface area contributed by atoms with Gasteiger partial charge in [0.05, 0.1) is 30.0 Å². The smallest absolute Gasteiger partial charge is 0.369 e. The fourth-order valence-corrected chi connectivity index (χ4v) is 7.90. The number of nitrogens with zero attached hydrogens (tertiary/aromatic N) is 2. The molecular weight excluding hydrogens is 677 g/mol. The van der Waals surface area contributed by atoms with Crippen LogP contribution in [0.15, 0.2) is 103 Å². The number of anilines is 3. The normalized spacial score (nSPS) is 17.6.